The Hall–Kier alpha value is -1.87. The van der Waals surface area contributed by atoms with E-state index in [0.29, 0.717) is 23.5 Å². The normalized spacial score (nSPS) is 12.6. The molecule has 0 aliphatic carbocycles. The van der Waals surface area contributed by atoms with Crippen LogP contribution in [0.2, 0.25) is 0 Å². The summed E-state index contributed by atoms with van der Waals surface area (Å²) < 4.78 is 7.39. The quantitative estimate of drug-likeness (QED) is 0.657. The molecule has 0 saturated carbocycles. The first-order chi connectivity index (χ1) is 11.2. The van der Waals surface area contributed by atoms with Gasteiger partial charge in [0.15, 0.2) is 5.16 Å². The predicted molar refractivity (Wildman–Crippen MR) is 89.6 cm³/mol. The summed E-state index contributed by atoms with van der Waals surface area (Å²) in [5, 5.41) is 17.3. The largest absolute Gasteiger partial charge is 0.419 e. The van der Waals surface area contributed by atoms with Gasteiger partial charge in [0, 0.05) is 6.54 Å². The second-order valence-electron chi connectivity index (χ2n) is 5.00. The summed E-state index contributed by atoms with van der Waals surface area (Å²) in [5.41, 5.74) is -0.182. The van der Waals surface area contributed by atoms with Crippen molar-refractivity contribution in [3.8, 4) is 10.8 Å². The van der Waals surface area contributed by atoms with Crippen LogP contribution in [0.4, 0.5) is 0 Å². The van der Waals surface area contributed by atoms with Crippen molar-refractivity contribution < 1.29 is 4.42 Å². The molecule has 9 heteroatoms. The number of aromatic nitrogens is 5. The number of hydrogen-bond donors (Lipinski definition) is 1. The van der Waals surface area contributed by atoms with E-state index in [-0.39, 0.29) is 10.9 Å². The van der Waals surface area contributed by atoms with Gasteiger partial charge in [0.05, 0.1) is 10.1 Å². The Morgan fingerprint density at radius 3 is 3.09 bits per heavy atom. The maximum Gasteiger partial charge on any atom is 0.343 e. The van der Waals surface area contributed by atoms with Crippen molar-refractivity contribution in [1.82, 2.24) is 25.0 Å². The molecule has 0 bridgehead atoms. The number of aromatic amines is 1. The van der Waals surface area contributed by atoms with Crippen LogP contribution in [0.15, 0.2) is 31.9 Å². The van der Waals surface area contributed by atoms with Gasteiger partial charge in [-0.1, -0.05) is 31.2 Å². The second kappa shape index (κ2) is 7.14. The van der Waals surface area contributed by atoms with E-state index in [2.05, 4.69) is 27.3 Å². The van der Waals surface area contributed by atoms with E-state index < -0.39 is 0 Å². The molecule has 1 N–H and O–H groups in total. The molecule has 0 amide bonds. The van der Waals surface area contributed by atoms with Crippen molar-refractivity contribution in [3.63, 3.8) is 0 Å². The molecule has 122 valence electrons. The van der Waals surface area contributed by atoms with Crippen molar-refractivity contribution in [2.24, 2.45) is 0 Å². The Bertz CT molecular complexity index is 805. The fraction of sp³-hybridized carbons (Fsp3) is 0.429. The van der Waals surface area contributed by atoms with Gasteiger partial charge in [-0.25, -0.2) is 9.89 Å². The van der Waals surface area contributed by atoms with E-state index in [1.54, 1.807) is 15.9 Å². The fourth-order valence-electron chi connectivity index (χ4n) is 2.01. The zero-order chi connectivity index (χ0) is 16.2. The highest BCUT2D eigenvalue weighted by Crippen LogP contribution is 2.34. The SMILES string of the molecule is CCCCn1c(SC(C)c2nnc(-c3cccs3)o2)n[nH]c1=O. The first-order valence-corrected chi connectivity index (χ1v) is 9.14. The van der Waals surface area contributed by atoms with Gasteiger partial charge in [0.1, 0.15) is 0 Å². The zero-order valence-corrected chi connectivity index (χ0v) is 14.5. The molecule has 0 radical (unpaired) electrons. The van der Waals surface area contributed by atoms with Crippen molar-refractivity contribution in [3.05, 3.63) is 33.9 Å². The lowest BCUT2D eigenvalue weighted by atomic mass is 10.3. The summed E-state index contributed by atoms with van der Waals surface area (Å²) in [5.74, 6) is 1.05. The van der Waals surface area contributed by atoms with E-state index >= 15 is 0 Å². The average molecular weight is 351 g/mol. The molecule has 23 heavy (non-hydrogen) atoms. The molecule has 1 unspecified atom stereocenters. The highest BCUT2D eigenvalue weighted by Gasteiger charge is 2.20. The van der Waals surface area contributed by atoms with Crippen LogP contribution in [0.1, 0.15) is 37.8 Å². The predicted octanol–water partition coefficient (Wildman–Crippen LogP) is 3.34. The number of unbranched alkanes of at least 4 members (excludes halogenated alkanes) is 1. The molecule has 0 aromatic carbocycles. The average Bonchev–Trinajstić information content (AvgIpc) is 3.26. The summed E-state index contributed by atoms with van der Waals surface area (Å²) in [4.78, 5) is 12.7. The number of nitrogens with one attached hydrogen (secondary N) is 1. The van der Waals surface area contributed by atoms with E-state index in [4.69, 9.17) is 4.42 Å². The first kappa shape index (κ1) is 16.0. The summed E-state index contributed by atoms with van der Waals surface area (Å²) >= 11 is 2.99. The molecular formula is C14H17N5O2S2. The van der Waals surface area contributed by atoms with Crippen LogP contribution in [-0.4, -0.2) is 25.0 Å². The van der Waals surface area contributed by atoms with Crippen LogP contribution >= 0.6 is 23.1 Å². The Kier molecular flexibility index (Phi) is 4.97. The topological polar surface area (TPSA) is 89.6 Å². The van der Waals surface area contributed by atoms with Crippen LogP contribution in [0.3, 0.4) is 0 Å². The van der Waals surface area contributed by atoms with Gasteiger partial charge in [0.2, 0.25) is 5.89 Å². The number of H-pyrrole nitrogens is 1. The third-order valence-electron chi connectivity index (χ3n) is 3.26. The highest BCUT2D eigenvalue weighted by atomic mass is 32.2. The Labute approximate surface area is 141 Å². The van der Waals surface area contributed by atoms with Gasteiger partial charge >= 0.3 is 5.69 Å². The van der Waals surface area contributed by atoms with Gasteiger partial charge in [-0.2, -0.15) is 0 Å². The van der Waals surface area contributed by atoms with E-state index in [1.807, 2.05) is 24.4 Å². The minimum atomic E-state index is -0.182. The minimum Gasteiger partial charge on any atom is -0.419 e. The highest BCUT2D eigenvalue weighted by molar-refractivity contribution is 7.99. The van der Waals surface area contributed by atoms with Gasteiger partial charge in [-0.3, -0.25) is 4.57 Å². The van der Waals surface area contributed by atoms with Gasteiger partial charge in [0.25, 0.3) is 5.89 Å². The maximum atomic E-state index is 11.8. The molecule has 0 spiro atoms. The van der Waals surface area contributed by atoms with Crippen molar-refractivity contribution in [2.45, 2.75) is 43.6 Å². The number of rotatable bonds is 7. The van der Waals surface area contributed by atoms with Crippen LogP contribution in [0, 0.1) is 0 Å². The third-order valence-corrected chi connectivity index (χ3v) is 5.20. The van der Waals surface area contributed by atoms with Crippen LogP contribution in [-0.2, 0) is 6.54 Å². The summed E-state index contributed by atoms with van der Waals surface area (Å²) in [6.45, 7) is 4.70. The number of thioether (sulfide) groups is 1. The molecule has 1 atom stereocenters. The van der Waals surface area contributed by atoms with Crippen molar-refractivity contribution in [2.75, 3.05) is 0 Å². The Morgan fingerprint density at radius 1 is 1.48 bits per heavy atom. The number of hydrogen-bond acceptors (Lipinski definition) is 7. The molecule has 3 aromatic rings. The van der Waals surface area contributed by atoms with E-state index in [1.165, 1.54) is 11.8 Å². The van der Waals surface area contributed by atoms with Crippen molar-refractivity contribution in [1.29, 1.82) is 0 Å². The van der Waals surface area contributed by atoms with Crippen molar-refractivity contribution >= 4 is 23.1 Å². The third kappa shape index (κ3) is 3.56. The zero-order valence-electron chi connectivity index (χ0n) is 12.9. The Balaban J connectivity index is 1.75. The van der Waals surface area contributed by atoms with Gasteiger partial charge < -0.3 is 4.42 Å². The molecule has 0 saturated heterocycles. The molecule has 3 rings (SSSR count). The monoisotopic (exact) mass is 351 g/mol. The van der Waals surface area contributed by atoms with Crippen LogP contribution < -0.4 is 5.69 Å². The lowest BCUT2D eigenvalue weighted by Gasteiger charge is -2.07. The first-order valence-electron chi connectivity index (χ1n) is 7.38. The molecule has 0 aliphatic heterocycles. The fourth-order valence-corrected chi connectivity index (χ4v) is 3.57. The lowest BCUT2D eigenvalue weighted by Crippen LogP contribution is -2.17. The minimum absolute atomic E-state index is 0.0909. The van der Waals surface area contributed by atoms with Gasteiger partial charge in [-0.15, -0.1) is 26.6 Å². The maximum absolute atomic E-state index is 11.8. The molecule has 3 heterocycles. The van der Waals surface area contributed by atoms with E-state index in [0.717, 1.165) is 17.7 Å². The molecule has 0 aliphatic rings. The smallest absolute Gasteiger partial charge is 0.343 e. The lowest BCUT2D eigenvalue weighted by molar-refractivity contribution is 0.508. The van der Waals surface area contributed by atoms with Crippen LogP contribution in [0.25, 0.3) is 10.8 Å². The second-order valence-corrected chi connectivity index (χ2v) is 7.26. The summed E-state index contributed by atoms with van der Waals surface area (Å²) in [7, 11) is 0. The Morgan fingerprint density at radius 2 is 2.35 bits per heavy atom. The molecule has 0 fully saturated rings. The van der Waals surface area contributed by atoms with Crippen LogP contribution in [0.5, 0.6) is 0 Å². The number of thiophene rings is 1. The van der Waals surface area contributed by atoms with E-state index in [9.17, 15) is 4.79 Å². The molecule has 3 aromatic heterocycles. The summed E-state index contributed by atoms with van der Waals surface area (Å²) in [6, 6.07) is 3.88. The van der Waals surface area contributed by atoms with Gasteiger partial charge in [-0.05, 0) is 24.8 Å². The summed E-state index contributed by atoms with van der Waals surface area (Å²) in [6.07, 6.45) is 1.95. The number of nitrogens with zero attached hydrogens (tertiary/aromatic N) is 4. The standard InChI is InChI=1S/C14H17N5O2S2/c1-3-4-7-19-13(20)17-18-14(19)23-9(2)11-15-16-12(21-11)10-6-5-8-22-10/h5-6,8-9H,3-4,7H2,1-2H3,(H,17,20). The molecular weight excluding hydrogens is 334 g/mol. The molecule has 7 nitrogen and oxygen atoms in total.